The summed E-state index contributed by atoms with van der Waals surface area (Å²) in [6.07, 6.45) is 0. The number of thiazole rings is 1. The van der Waals surface area contributed by atoms with E-state index in [1.54, 1.807) is 11.3 Å². The minimum atomic E-state index is 0.0760. The summed E-state index contributed by atoms with van der Waals surface area (Å²) < 4.78 is 0. The number of rotatable bonds is 5. The van der Waals surface area contributed by atoms with E-state index in [0.29, 0.717) is 0 Å². The summed E-state index contributed by atoms with van der Waals surface area (Å²) in [6.45, 7) is 4.92. The minimum absolute atomic E-state index is 0.0760. The summed E-state index contributed by atoms with van der Waals surface area (Å²) in [5.74, 6) is 0. The van der Waals surface area contributed by atoms with Gasteiger partial charge in [-0.2, -0.15) is 0 Å². The zero-order valence-corrected chi connectivity index (χ0v) is 12.5. The van der Waals surface area contributed by atoms with Crippen LogP contribution in [0, 0.1) is 6.92 Å². The van der Waals surface area contributed by atoms with Gasteiger partial charge < -0.3 is 5.73 Å². The number of aryl methyl sites for hydroxylation is 1. The summed E-state index contributed by atoms with van der Waals surface area (Å²) in [7, 11) is 2.11. The first kappa shape index (κ1) is 14.2. The van der Waals surface area contributed by atoms with Crippen LogP contribution in [0.2, 0.25) is 0 Å². The van der Waals surface area contributed by atoms with Gasteiger partial charge in [-0.15, -0.1) is 11.3 Å². The van der Waals surface area contributed by atoms with Crippen molar-refractivity contribution in [2.45, 2.75) is 32.5 Å². The van der Waals surface area contributed by atoms with E-state index in [9.17, 15) is 0 Å². The molecule has 0 aliphatic rings. The van der Waals surface area contributed by atoms with E-state index in [2.05, 4.69) is 53.5 Å². The monoisotopic (exact) mass is 275 g/mol. The highest BCUT2D eigenvalue weighted by molar-refractivity contribution is 7.09. The Morgan fingerprint density at radius 3 is 2.53 bits per heavy atom. The number of likely N-dealkylation sites (N-methyl/N-ethyl adjacent to an activating group) is 1. The van der Waals surface area contributed by atoms with Gasteiger partial charge in [0.2, 0.25) is 0 Å². The van der Waals surface area contributed by atoms with Gasteiger partial charge in [0.25, 0.3) is 0 Å². The molecule has 0 aliphatic carbocycles. The molecule has 2 N–H and O–H groups in total. The van der Waals surface area contributed by atoms with Gasteiger partial charge in [-0.3, -0.25) is 4.90 Å². The average molecular weight is 275 g/mol. The Bertz CT molecular complexity index is 507. The van der Waals surface area contributed by atoms with Crippen molar-refractivity contribution in [3.63, 3.8) is 0 Å². The van der Waals surface area contributed by atoms with Crippen LogP contribution >= 0.6 is 11.3 Å². The van der Waals surface area contributed by atoms with Gasteiger partial charge in [0, 0.05) is 24.0 Å². The fourth-order valence-corrected chi connectivity index (χ4v) is 3.05. The molecule has 19 heavy (non-hydrogen) atoms. The lowest BCUT2D eigenvalue weighted by Crippen LogP contribution is -2.37. The highest BCUT2D eigenvalue weighted by Gasteiger charge is 2.21. The molecule has 0 aliphatic heterocycles. The Kier molecular flexibility index (Phi) is 4.69. The number of benzene rings is 1. The molecule has 1 aromatic carbocycles. The SMILES string of the molecule is Cc1nc(CN(C)C(c2ccccc2)C(C)N)cs1. The van der Waals surface area contributed by atoms with Crippen molar-refractivity contribution < 1.29 is 0 Å². The molecule has 0 spiro atoms. The molecule has 1 heterocycles. The molecule has 4 heteroatoms. The Hall–Kier alpha value is -1.23. The molecule has 2 atom stereocenters. The number of nitrogens with two attached hydrogens (primary N) is 1. The predicted molar refractivity (Wildman–Crippen MR) is 81.2 cm³/mol. The highest BCUT2D eigenvalue weighted by atomic mass is 32.1. The van der Waals surface area contributed by atoms with E-state index in [1.807, 2.05) is 13.0 Å². The van der Waals surface area contributed by atoms with Crippen molar-refractivity contribution >= 4 is 11.3 Å². The molecule has 1 aromatic heterocycles. The lowest BCUT2D eigenvalue weighted by atomic mass is 9.99. The highest BCUT2D eigenvalue weighted by Crippen LogP contribution is 2.24. The van der Waals surface area contributed by atoms with Crippen LogP contribution in [0.4, 0.5) is 0 Å². The predicted octanol–water partition coefficient (Wildman–Crippen LogP) is 2.97. The maximum absolute atomic E-state index is 6.17. The second-order valence-corrected chi connectivity index (χ2v) is 6.05. The van der Waals surface area contributed by atoms with Gasteiger partial charge >= 0.3 is 0 Å². The lowest BCUT2D eigenvalue weighted by molar-refractivity contribution is 0.209. The fourth-order valence-electron chi connectivity index (χ4n) is 2.44. The smallest absolute Gasteiger partial charge is 0.0897 e. The molecule has 0 saturated heterocycles. The number of hydrogen-bond donors (Lipinski definition) is 1. The summed E-state index contributed by atoms with van der Waals surface area (Å²) in [4.78, 5) is 6.79. The van der Waals surface area contributed by atoms with Gasteiger partial charge in [0.1, 0.15) is 0 Å². The Labute approximate surface area is 119 Å². The number of aromatic nitrogens is 1. The first-order chi connectivity index (χ1) is 9.08. The van der Waals surface area contributed by atoms with Gasteiger partial charge in [-0.1, -0.05) is 30.3 Å². The normalized spacial score (nSPS) is 14.6. The molecule has 0 amide bonds. The van der Waals surface area contributed by atoms with Crippen LogP contribution in [-0.2, 0) is 6.54 Å². The standard InChI is InChI=1S/C15H21N3S/c1-11(16)15(13-7-5-4-6-8-13)18(3)9-14-10-19-12(2)17-14/h4-8,10-11,15H,9,16H2,1-3H3. The zero-order chi connectivity index (χ0) is 13.8. The molecule has 2 aromatic rings. The van der Waals surface area contributed by atoms with E-state index in [-0.39, 0.29) is 12.1 Å². The topological polar surface area (TPSA) is 42.2 Å². The van der Waals surface area contributed by atoms with Crippen molar-refractivity contribution in [3.05, 3.63) is 52.0 Å². The molecule has 2 unspecified atom stereocenters. The lowest BCUT2D eigenvalue weighted by Gasteiger charge is -2.31. The molecule has 0 saturated carbocycles. The van der Waals surface area contributed by atoms with Crippen molar-refractivity contribution in [3.8, 4) is 0 Å². The molecule has 0 radical (unpaired) electrons. The second-order valence-electron chi connectivity index (χ2n) is 4.99. The van der Waals surface area contributed by atoms with Crippen molar-refractivity contribution in [2.75, 3.05) is 7.05 Å². The largest absolute Gasteiger partial charge is 0.326 e. The molecule has 0 bridgehead atoms. The van der Waals surface area contributed by atoms with E-state index >= 15 is 0 Å². The first-order valence-electron chi connectivity index (χ1n) is 6.49. The Morgan fingerprint density at radius 2 is 2.00 bits per heavy atom. The fraction of sp³-hybridized carbons (Fsp3) is 0.400. The third-order valence-electron chi connectivity index (χ3n) is 3.19. The van der Waals surface area contributed by atoms with E-state index in [4.69, 9.17) is 5.73 Å². The molecule has 102 valence electrons. The van der Waals surface area contributed by atoms with E-state index < -0.39 is 0 Å². The van der Waals surface area contributed by atoms with Crippen LogP contribution in [0.3, 0.4) is 0 Å². The maximum atomic E-state index is 6.17. The summed E-state index contributed by atoms with van der Waals surface area (Å²) in [5, 5.41) is 3.23. The van der Waals surface area contributed by atoms with Crippen LogP contribution < -0.4 is 5.73 Å². The second kappa shape index (κ2) is 6.28. The summed E-state index contributed by atoms with van der Waals surface area (Å²) in [5.41, 5.74) is 8.54. The van der Waals surface area contributed by atoms with E-state index in [1.165, 1.54) is 5.56 Å². The van der Waals surface area contributed by atoms with E-state index in [0.717, 1.165) is 17.2 Å². The summed E-state index contributed by atoms with van der Waals surface area (Å²) in [6, 6.07) is 10.7. The van der Waals surface area contributed by atoms with Gasteiger partial charge in [-0.05, 0) is 26.5 Å². The quantitative estimate of drug-likeness (QED) is 0.912. The molecule has 2 rings (SSSR count). The van der Waals surface area contributed by atoms with Crippen molar-refractivity contribution in [1.82, 2.24) is 9.88 Å². The number of hydrogen-bond acceptors (Lipinski definition) is 4. The summed E-state index contributed by atoms with van der Waals surface area (Å²) >= 11 is 1.69. The first-order valence-corrected chi connectivity index (χ1v) is 7.37. The van der Waals surface area contributed by atoms with Crippen molar-refractivity contribution in [2.24, 2.45) is 5.73 Å². The van der Waals surface area contributed by atoms with Crippen LogP contribution in [0.25, 0.3) is 0 Å². The van der Waals surface area contributed by atoms with Crippen molar-refractivity contribution in [1.29, 1.82) is 0 Å². The van der Waals surface area contributed by atoms with Crippen LogP contribution in [0.1, 0.15) is 29.2 Å². The molecular weight excluding hydrogens is 254 g/mol. The van der Waals surface area contributed by atoms with Crippen LogP contribution in [0.5, 0.6) is 0 Å². The zero-order valence-electron chi connectivity index (χ0n) is 11.7. The molecular formula is C15H21N3S. The van der Waals surface area contributed by atoms with Gasteiger partial charge in [-0.25, -0.2) is 4.98 Å². The Balaban J connectivity index is 2.15. The van der Waals surface area contributed by atoms with Gasteiger partial charge in [0.05, 0.1) is 10.7 Å². The third kappa shape index (κ3) is 3.62. The van der Waals surface area contributed by atoms with Gasteiger partial charge in [0.15, 0.2) is 0 Å². The number of nitrogens with zero attached hydrogens (tertiary/aromatic N) is 2. The van der Waals surface area contributed by atoms with Crippen LogP contribution in [0.15, 0.2) is 35.7 Å². The third-order valence-corrected chi connectivity index (χ3v) is 4.01. The average Bonchev–Trinajstić information content (AvgIpc) is 2.75. The molecule has 3 nitrogen and oxygen atoms in total. The maximum Gasteiger partial charge on any atom is 0.0897 e. The molecule has 0 fully saturated rings. The minimum Gasteiger partial charge on any atom is -0.326 e. The Morgan fingerprint density at radius 1 is 1.32 bits per heavy atom. The van der Waals surface area contributed by atoms with Crippen LogP contribution in [-0.4, -0.2) is 23.0 Å².